The number of aromatic nitrogens is 3. The van der Waals surface area contributed by atoms with Gasteiger partial charge in [-0.2, -0.15) is 10.2 Å². The van der Waals surface area contributed by atoms with Crippen LogP contribution >= 0.6 is 0 Å². The Bertz CT molecular complexity index is 1360. The fourth-order valence-corrected chi connectivity index (χ4v) is 5.73. The highest BCUT2D eigenvalue weighted by Crippen LogP contribution is 2.37. The van der Waals surface area contributed by atoms with E-state index in [1.807, 2.05) is 13.8 Å². The Morgan fingerprint density at radius 1 is 1.00 bits per heavy atom. The summed E-state index contributed by atoms with van der Waals surface area (Å²) in [5, 5.41) is 9.49. The number of aryl methyl sites for hydroxylation is 1. The minimum Gasteiger partial charge on any atom is -0.491 e. The predicted octanol–water partition coefficient (Wildman–Crippen LogP) is 5.06. The van der Waals surface area contributed by atoms with Crippen LogP contribution < -0.4 is 15.3 Å². The van der Waals surface area contributed by atoms with Crippen LogP contribution in [0.4, 0.5) is 5.82 Å². The van der Waals surface area contributed by atoms with Gasteiger partial charge in [-0.3, -0.25) is 9.47 Å². The first kappa shape index (κ1) is 27.6. The van der Waals surface area contributed by atoms with Gasteiger partial charge >= 0.3 is 5.69 Å². The molecule has 0 saturated carbocycles. The van der Waals surface area contributed by atoms with E-state index < -0.39 is 0 Å². The lowest BCUT2D eigenvalue weighted by Gasteiger charge is -2.50. The van der Waals surface area contributed by atoms with Crippen molar-refractivity contribution >= 4 is 16.9 Å². The van der Waals surface area contributed by atoms with E-state index in [9.17, 15) is 10.1 Å². The maximum atomic E-state index is 12.8. The highest BCUT2D eigenvalue weighted by Gasteiger charge is 2.39. The number of fused-ring (bicyclic) bond motifs is 1. The molecular weight excluding hydrogens is 476 g/mol. The van der Waals surface area contributed by atoms with Gasteiger partial charge in [-0.15, -0.1) is 0 Å². The van der Waals surface area contributed by atoms with Gasteiger partial charge in [0.05, 0.1) is 11.6 Å². The molecule has 8 nitrogen and oxygen atoms in total. The first-order valence-electron chi connectivity index (χ1n) is 13.7. The number of rotatable bonds is 8. The standard InChI is InChI=1S/C30H40N6O2/c1-8-23-18-36(29-27-26(34(7)30(37)33-29)15-12-22(16-31)32-27)24(9-2)17-35(23)28(19(3)4)21-10-13-25(14-11-21)38-20(5)6/h10-15,19-20,23-24,28H,8-9,17-18H2,1-7H3/t23-,24+,28?/m1/s1. The Morgan fingerprint density at radius 2 is 1.68 bits per heavy atom. The van der Waals surface area contributed by atoms with Crippen molar-refractivity contribution in [1.29, 1.82) is 5.26 Å². The molecule has 4 rings (SSSR count). The second-order valence-corrected chi connectivity index (χ2v) is 10.9. The molecule has 3 aromatic rings. The van der Waals surface area contributed by atoms with Gasteiger partial charge in [-0.25, -0.2) is 9.78 Å². The van der Waals surface area contributed by atoms with Crippen molar-refractivity contribution in [3.05, 3.63) is 58.1 Å². The summed E-state index contributed by atoms with van der Waals surface area (Å²) in [6, 6.07) is 14.8. The van der Waals surface area contributed by atoms with Crippen LogP contribution in [0.1, 0.15) is 71.7 Å². The Morgan fingerprint density at radius 3 is 2.26 bits per heavy atom. The maximum Gasteiger partial charge on any atom is 0.349 e. The van der Waals surface area contributed by atoms with Crippen molar-refractivity contribution in [1.82, 2.24) is 19.4 Å². The zero-order valence-corrected chi connectivity index (χ0v) is 23.7. The van der Waals surface area contributed by atoms with E-state index in [-0.39, 0.29) is 29.9 Å². The van der Waals surface area contributed by atoms with E-state index in [2.05, 4.69) is 77.8 Å². The lowest BCUT2D eigenvalue weighted by Crippen LogP contribution is -2.60. The van der Waals surface area contributed by atoms with Gasteiger partial charge in [-0.05, 0) is 62.4 Å². The molecule has 8 heteroatoms. The first-order chi connectivity index (χ1) is 18.2. The third kappa shape index (κ3) is 5.39. The average Bonchev–Trinajstić information content (AvgIpc) is 2.90. The van der Waals surface area contributed by atoms with Gasteiger partial charge < -0.3 is 9.64 Å². The van der Waals surface area contributed by atoms with E-state index in [0.717, 1.165) is 31.7 Å². The number of hydrogen-bond donors (Lipinski definition) is 0. The molecule has 0 amide bonds. The van der Waals surface area contributed by atoms with Crippen molar-refractivity contribution in [2.24, 2.45) is 13.0 Å². The molecule has 1 aliphatic rings. The van der Waals surface area contributed by atoms with E-state index >= 15 is 0 Å². The molecule has 1 aliphatic heterocycles. The molecule has 0 aliphatic carbocycles. The van der Waals surface area contributed by atoms with Crippen LogP contribution in [0.2, 0.25) is 0 Å². The van der Waals surface area contributed by atoms with E-state index in [0.29, 0.717) is 28.5 Å². The van der Waals surface area contributed by atoms with Crippen molar-refractivity contribution in [2.45, 2.75) is 78.6 Å². The quantitative estimate of drug-likeness (QED) is 0.413. The molecule has 0 radical (unpaired) electrons. The lowest BCUT2D eigenvalue weighted by atomic mass is 9.90. The lowest BCUT2D eigenvalue weighted by molar-refractivity contribution is 0.0673. The highest BCUT2D eigenvalue weighted by molar-refractivity contribution is 5.86. The summed E-state index contributed by atoms with van der Waals surface area (Å²) in [6.45, 7) is 14.6. The van der Waals surface area contributed by atoms with Gasteiger partial charge in [0.25, 0.3) is 0 Å². The van der Waals surface area contributed by atoms with Crippen molar-refractivity contribution in [3.63, 3.8) is 0 Å². The summed E-state index contributed by atoms with van der Waals surface area (Å²) in [5.41, 5.74) is 2.59. The number of benzene rings is 1. The molecule has 1 unspecified atom stereocenters. The third-order valence-corrected chi connectivity index (χ3v) is 7.59. The number of ether oxygens (including phenoxy) is 1. The summed E-state index contributed by atoms with van der Waals surface area (Å²) in [7, 11) is 1.70. The SMILES string of the molecule is CC[C@H]1CN(C(c2ccc(OC(C)C)cc2)C(C)C)[C@H](CC)CN1c1nc(=O)n(C)c2ccc(C#N)nc12. The molecule has 1 aromatic carbocycles. The monoisotopic (exact) mass is 516 g/mol. The maximum absolute atomic E-state index is 12.8. The second kappa shape index (κ2) is 11.5. The number of nitrogens with zero attached hydrogens (tertiary/aromatic N) is 6. The molecule has 202 valence electrons. The number of nitriles is 1. The normalized spacial score (nSPS) is 19.2. The first-order valence-corrected chi connectivity index (χ1v) is 13.7. The van der Waals surface area contributed by atoms with Crippen LogP contribution in [-0.4, -0.2) is 50.7 Å². The largest absolute Gasteiger partial charge is 0.491 e. The van der Waals surface area contributed by atoms with Gasteiger partial charge in [-0.1, -0.05) is 39.8 Å². The van der Waals surface area contributed by atoms with Gasteiger partial charge in [0.15, 0.2) is 5.82 Å². The molecule has 1 fully saturated rings. The summed E-state index contributed by atoms with van der Waals surface area (Å²) >= 11 is 0. The highest BCUT2D eigenvalue weighted by atomic mass is 16.5. The molecule has 0 spiro atoms. The van der Waals surface area contributed by atoms with E-state index in [4.69, 9.17) is 4.74 Å². The molecule has 3 atom stereocenters. The van der Waals surface area contributed by atoms with E-state index in [1.54, 1.807) is 19.2 Å². The van der Waals surface area contributed by atoms with Crippen molar-refractivity contribution in [2.75, 3.05) is 18.0 Å². The van der Waals surface area contributed by atoms with Gasteiger partial charge in [0.2, 0.25) is 0 Å². The molecular formula is C30H40N6O2. The Balaban J connectivity index is 1.73. The van der Waals surface area contributed by atoms with Crippen molar-refractivity contribution in [3.8, 4) is 11.8 Å². The number of hydrogen-bond acceptors (Lipinski definition) is 7. The predicted molar refractivity (Wildman–Crippen MR) is 151 cm³/mol. The molecule has 0 N–H and O–H groups in total. The van der Waals surface area contributed by atoms with E-state index in [1.165, 1.54) is 10.1 Å². The van der Waals surface area contributed by atoms with Gasteiger partial charge in [0.1, 0.15) is 23.0 Å². The van der Waals surface area contributed by atoms with Crippen LogP contribution in [0.25, 0.3) is 11.0 Å². The minimum absolute atomic E-state index is 0.142. The van der Waals surface area contributed by atoms with Crippen LogP contribution in [0.3, 0.4) is 0 Å². The Hall–Kier alpha value is -3.44. The number of pyridine rings is 1. The second-order valence-electron chi connectivity index (χ2n) is 10.9. The summed E-state index contributed by atoms with van der Waals surface area (Å²) in [5.74, 6) is 1.89. The van der Waals surface area contributed by atoms with Crippen LogP contribution in [-0.2, 0) is 7.05 Å². The molecule has 0 bridgehead atoms. The molecule has 2 aromatic heterocycles. The Labute approximate surface area is 225 Å². The smallest absolute Gasteiger partial charge is 0.349 e. The minimum atomic E-state index is -0.312. The topological polar surface area (TPSA) is 87.3 Å². The summed E-state index contributed by atoms with van der Waals surface area (Å²) < 4.78 is 7.39. The zero-order valence-electron chi connectivity index (χ0n) is 23.7. The fourth-order valence-electron chi connectivity index (χ4n) is 5.73. The summed E-state index contributed by atoms with van der Waals surface area (Å²) in [6.07, 6.45) is 2.00. The third-order valence-electron chi connectivity index (χ3n) is 7.59. The van der Waals surface area contributed by atoms with Crippen LogP contribution in [0.15, 0.2) is 41.2 Å². The fraction of sp³-hybridized carbons (Fsp3) is 0.533. The van der Waals surface area contributed by atoms with Crippen LogP contribution in [0, 0.1) is 17.2 Å². The number of piperazine rings is 1. The zero-order chi connectivity index (χ0) is 27.6. The number of anilines is 1. The van der Waals surface area contributed by atoms with Gasteiger partial charge in [0, 0.05) is 38.3 Å². The van der Waals surface area contributed by atoms with Crippen molar-refractivity contribution < 1.29 is 4.74 Å². The molecule has 38 heavy (non-hydrogen) atoms. The molecule has 3 heterocycles. The average molecular weight is 517 g/mol. The molecule has 1 saturated heterocycles. The Kier molecular flexibility index (Phi) is 8.37. The summed E-state index contributed by atoms with van der Waals surface area (Å²) in [4.78, 5) is 26.8. The van der Waals surface area contributed by atoms with Crippen LogP contribution in [0.5, 0.6) is 5.75 Å².